The summed E-state index contributed by atoms with van der Waals surface area (Å²) in [5.41, 5.74) is 9.44. The average molecular weight is 599 g/mol. The van der Waals surface area contributed by atoms with Crippen molar-refractivity contribution >= 4 is 35.2 Å². The first-order valence-electron chi connectivity index (χ1n) is 12.8. The third kappa shape index (κ3) is 6.36. The lowest BCUT2D eigenvalue weighted by atomic mass is 9.83. The summed E-state index contributed by atoms with van der Waals surface area (Å²) in [6.07, 6.45) is 3.01. The van der Waals surface area contributed by atoms with E-state index in [4.69, 9.17) is 47.9 Å². The molecule has 4 aromatic carbocycles. The number of esters is 1. The van der Waals surface area contributed by atoms with Gasteiger partial charge in [0.1, 0.15) is 29.7 Å². The second kappa shape index (κ2) is 12.7. The Labute approximate surface area is 252 Å². The molecule has 1 heterocycles. The molecule has 4 aromatic rings. The largest absolute Gasteiger partial charge is 0.493 e. The van der Waals surface area contributed by atoms with E-state index in [9.17, 15) is 10.1 Å². The topological polar surface area (TPSA) is 104 Å². The Morgan fingerprint density at radius 2 is 1.83 bits per heavy atom. The van der Waals surface area contributed by atoms with Gasteiger partial charge in [-0.05, 0) is 47.5 Å². The SMILES string of the molecule is COc1cc(C2C(C#N)=C(N)Oc3cc(OC(=O)/C=C/c4ccccc4)ccc32)ccc1OCc1ccc(Cl)cc1Cl. The number of carbonyl (C=O) groups excluding carboxylic acids is 1. The number of rotatable bonds is 8. The van der Waals surface area contributed by atoms with Crippen molar-refractivity contribution in [1.29, 1.82) is 5.26 Å². The monoisotopic (exact) mass is 598 g/mol. The number of hydrogen-bond donors (Lipinski definition) is 1. The highest BCUT2D eigenvalue weighted by atomic mass is 35.5. The molecule has 1 aliphatic heterocycles. The van der Waals surface area contributed by atoms with Crippen molar-refractivity contribution in [3.05, 3.63) is 135 Å². The fourth-order valence-corrected chi connectivity index (χ4v) is 4.96. The van der Waals surface area contributed by atoms with Crippen LogP contribution in [-0.4, -0.2) is 13.1 Å². The lowest BCUT2D eigenvalue weighted by Gasteiger charge is -2.27. The van der Waals surface area contributed by atoms with E-state index < -0.39 is 11.9 Å². The van der Waals surface area contributed by atoms with Crippen LogP contribution in [-0.2, 0) is 11.4 Å². The molecule has 0 spiro atoms. The maximum Gasteiger partial charge on any atom is 0.336 e. The zero-order valence-electron chi connectivity index (χ0n) is 22.3. The van der Waals surface area contributed by atoms with Gasteiger partial charge in [0.05, 0.1) is 13.0 Å². The number of hydrogen-bond acceptors (Lipinski definition) is 7. The highest BCUT2D eigenvalue weighted by Gasteiger charge is 2.31. The van der Waals surface area contributed by atoms with Crippen molar-refractivity contribution in [1.82, 2.24) is 0 Å². The Hall–Kier alpha value is -4.90. The first-order valence-corrected chi connectivity index (χ1v) is 13.5. The average Bonchev–Trinajstić information content (AvgIpc) is 2.99. The van der Waals surface area contributed by atoms with Crippen molar-refractivity contribution in [2.75, 3.05) is 7.11 Å². The van der Waals surface area contributed by atoms with Gasteiger partial charge in [0.15, 0.2) is 11.5 Å². The predicted molar refractivity (Wildman–Crippen MR) is 161 cm³/mol. The van der Waals surface area contributed by atoms with Crippen LogP contribution in [0.3, 0.4) is 0 Å². The van der Waals surface area contributed by atoms with Gasteiger partial charge in [-0.25, -0.2) is 4.79 Å². The number of methoxy groups -OCH3 is 1. The van der Waals surface area contributed by atoms with E-state index in [1.54, 1.807) is 54.6 Å². The molecular formula is C33H24Cl2N2O5. The zero-order valence-corrected chi connectivity index (χ0v) is 23.9. The maximum atomic E-state index is 12.4. The van der Waals surface area contributed by atoms with Crippen molar-refractivity contribution in [3.63, 3.8) is 0 Å². The molecule has 42 heavy (non-hydrogen) atoms. The summed E-state index contributed by atoms with van der Waals surface area (Å²) in [5, 5.41) is 11.0. The molecule has 0 amide bonds. The molecule has 5 rings (SSSR count). The molecule has 1 unspecified atom stereocenters. The molecule has 9 heteroatoms. The second-order valence-electron chi connectivity index (χ2n) is 9.22. The molecule has 2 N–H and O–H groups in total. The van der Waals surface area contributed by atoms with Crippen LogP contribution < -0.4 is 24.7 Å². The van der Waals surface area contributed by atoms with Crippen molar-refractivity contribution in [2.45, 2.75) is 12.5 Å². The Bertz CT molecular complexity index is 1750. The third-order valence-electron chi connectivity index (χ3n) is 6.54. The number of halogens is 2. The Morgan fingerprint density at radius 3 is 2.57 bits per heavy atom. The fourth-order valence-electron chi connectivity index (χ4n) is 4.50. The highest BCUT2D eigenvalue weighted by Crippen LogP contribution is 2.45. The van der Waals surface area contributed by atoms with Gasteiger partial charge in [0.25, 0.3) is 0 Å². The van der Waals surface area contributed by atoms with Crippen molar-refractivity contribution in [2.24, 2.45) is 5.73 Å². The first-order chi connectivity index (χ1) is 20.4. The molecule has 0 aromatic heterocycles. The summed E-state index contributed by atoms with van der Waals surface area (Å²) in [6.45, 7) is 0.199. The van der Waals surface area contributed by atoms with Gasteiger partial charge in [-0.1, -0.05) is 71.7 Å². The Morgan fingerprint density at radius 1 is 1.02 bits per heavy atom. The summed E-state index contributed by atoms with van der Waals surface area (Å²) in [5.74, 6) is 0.427. The van der Waals surface area contributed by atoms with E-state index in [-0.39, 0.29) is 23.8 Å². The molecule has 0 saturated heterocycles. The maximum absolute atomic E-state index is 12.4. The van der Waals surface area contributed by atoms with E-state index >= 15 is 0 Å². The molecule has 1 atom stereocenters. The molecule has 0 radical (unpaired) electrons. The molecule has 210 valence electrons. The summed E-state index contributed by atoms with van der Waals surface area (Å²) in [4.78, 5) is 12.4. The van der Waals surface area contributed by atoms with Crippen LogP contribution in [0.1, 0.15) is 28.2 Å². The van der Waals surface area contributed by atoms with E-state index in [1.165, 1.54) is 13.2 Å². The number of nitrogens with zero attached hydrogens (tertiary/aromatic N) is 1. The number of benzene rings is 4. The van der Waals surface area contributed by atoms with Crippen LogP contribution in [0, 0.1) is 11.3 Å². The van der Waals surface area contributed by atoms with Gasteiger partial charge >= 0.3 is 5.97 Å². The van der Waals surface area contributed by atoms with Crippen LogP contribution in [0.5, 0.6) is 23.0 Å². The minimum atomic E-state index is -0.560. The Kier molecular flexibility index (Phi) is 8.68. The van der Waals surface area contributed by atoms with E-state index in [1.807, 2.05) is 36.4 Å². The fraction of sp³-hybridized carbons (Fsp3) is 0.0909. The molecular weight excluding hydrogens is 575 g/mol. The number of fused-ring (bicyclic) bond motifs is 1. The molecule has 0 aliphatic carbocycles. The third-order valence-corrected chi connectivity index (χ3v) is 7.13. The number of carbonyl (C=O) groups is 1. The Balaban J connectivity index is 1.39. The normalized spacial score (nSPS) is 14.1. The number of nitrogens with two attached hydrogens (primary N) is 1. The van der Waals surface area contributed by atoms with E-state index in [0.29, 0.717) is 32.9 Å². The smallest absolute Gasteiger partial charge is 0.336 e. The summed E-state index contributed by atoms with van der Waals surface area (Å²) in [7, 11) is 1.53. The van der Waals surface area contributed by atoms with Crippen LogP contribution in [0.15, 0.2) is 102 Å². The van der Waals surface area contributed by atoms with E-state index in [0.717, 1.165) is 16.7 Å². The lowest BCUT2D eigenvalue weighted by Crippen LogP contribution is -2.21. The van der Waals surface area contributed by atoms with Crippen LogP contribution in [0.25, 0.3) is 6.08 Å². The van der Waals surface area contributed by atoms with Gasteiger partial charge in [-0.3, -0.25) is 0 Å². The molecule has 7 nitrogen and oxygen atoms in total. The van der Waals surface area contributed by atoms with Crippen LogP contribution in [0.4, 0.5) is 0 Å². The minimum absolute atomic E-state index is 0.0425. The molecule has 0 saturated carbocycles. The van der Waals surface area contributed by atoms with Crippen LogP contribution in [0.2, 0.25) is 10.0 Å². The van der Waals surface area contributed by atoms with Gasteiger partial charge in [-0.15, -0.1) is 0 Å². The first kappa shape index (κ1) is 28.6. The van der Waals surface area contributed by atoms with Crippen molar-refractivity contribution < 1.29 is 23.7 Å². The molecule has 0 bridgehead atoms. The summed E-state index contributed by atoms with van der Waals surface area (Å²) < 4.78 is 22.9. The van der Waals surface area contributed by atoms with Gasteiger partial charge < -0.3 is 24.7 Å². The predicted octanol–water partition coefficient (Wildman–Crippen LogP) is 7.42. The molecule has 1 aliphatic rings. The summed E-state index contributed by atoms with van der Waals surface area (Å²) >= 11 is 12.3. The van der Waals surface area contributed by atoms with Gasteiger partial charge in [0.2, 0.25) is 5.88 Å². The standard InChI is InChI=1S/C33H24Cl2N2O5/c1-39-30-15-21(9-13-28(30)40-19-22-8-10-23(34)16-27(22)35)32-25-12-11-24(17-29(25)42-33(37)26(32)18-36)41-31(38)14-7-20-5-3-2-4-6-20/h2-17,32H,19,37H2,1H3/b14-7+. The lowest BCUT2D eigenvalue weighted by molar-refractivity contribution is -0.128. The van der Waals surface area contributed by atoms with Gasteiger partial charge in [-0.2, -0.15) is 5.26 Å². The van der Waals surface area contributed by atoms with Crippen molar-refractivity contribution in [3.8, 4) is 29.1 Å². The highest BCUT2D eigenvalue weighted by molar-refractivity contribution is 6.35. The van der Waals surface area contributed by atoms with Gasteiger partial charge in [0, 0.05) is 33.3 Å². The van der Waals surface area contributed by atoms with Crippen LogP contribution >= 0.6 is 23.2 Å². The quantitative estimate of drug-likeness (QED) is 0.128. The minimum Gasteiger partial charge on any atom is -0.493 e. The zero-order chi connectivity index (χ0) is 29.6. The van der Waals surface area contributed by atoms with E-state index in [2.05, 4.69) is 6.07 Å². The number of ether oxygens (including phenoxy) is 4. The second-order valence-corrected chi connectivity index (χ2v) is 10.1. The number of nitriles is 1. The number of allylic oxidation sites excluding steroid dienone is 1. The summed E-state index contributed by atoms with van der Waals surface area (Å²) in [6, 6.07) is 27.1. The molecule has 0 fully saturated rings.